The van der Waals surface area contributed by atoms with Gasteiger partial charge in [0.25, 0.3) is 0 Å². The highest BCUT2D eigenvalue weighted by Gasteiger charge is 2.46. The Morgan fingerprint density at radius 1 is 1.25 bits per heavy atom. The standard InChI is InChI=1S/C22H25F2N3O/c1-22(2,3)10-19(28)25-21-17(24)9-18-20(26-21)16-8-14(16)12-27(18)11-13-4-6-15(23)7-5-13/h4-7,9,14,16H,8,10-12H2,1-3H3,(H,25,26,28)/t14-,16?/m1/s1. The van der Waals surface area contributed by atoms with Crippen molar-refractivity contribution >= 4 is 17.4 Å². The minimum atomic E-state index is -0.524. The number of halogens is 2. The van der Waals surface area contributed by atoms with E-state index in [2.05, 4.69) is 15.2 Å². The maximum Gasteiger partial charge on any atom is 0.226 e. The number of hydrogen-bond donors (Lipinski definition) is 1. The predicted octanol–water partition coefficient (Wildman–Crippen LogP) is 4.86. The molecule has 4 nitrogen and oxygen atoms in total. The van der Waals surface area contributed by atoms with E-state index in [1.807, 2.05) is 20.8 Å². The van der Waals surface area contributed by atoms with Crippen LogP contribution in [0.3, 0.4) is 0 Å². The smallest absolute Gasteiger partial charge is 0.226 e. The van der Waals surface area contributed by atoms with Gasteiger partial charge in [-0.3, -0.25) is 4.79 Å². The quantitative estimate of drug-likeness (QED) is 0.818. The lowest BCUT2D eigenvalue weighted by molar-refractivity contribution is -0.117. The molecule has 0 radical (unpaired) electrons. The van der Waals surface area contributed by atoms with E-state index in [0.717, 1.165) is 29.9 Å². The second kappa shape index (κ2) is 6.83. The van der Waals surface area contributed by atoms with Crippen LogP contribution in [0, 0.1) is 23.0 Å². The van der Waals surface area contributed by atoms with Gasteiger partial charge in [0, 0.05) is 31.5 Å². The summed E-state index contributed by atoms with van der Waals surface area (Å²) in [5.74, 6) is -0.174. The van der Waals surface area contributed by atoms with E-state index >= 15 is 0 Å². The molecule has 2 atom stereocenters. The zero-order valence-electron chi connectivity index (χ0n) is 16.4. The van der Waals surface area contributed by atoms with Gasteiger partial charge in [-0.2, -0.15) is 0 Å². The van der Waals surface area contributed by atoms with E-state index in [-0.39, 0.29) is 23.0 Å². The largest absolute Gasteiger partial charge is 0.365 e. The number of pyridine rings is 1. The van der Waals surface area contributed by atoms with Crippen molar-refractivity contribution in [3.05, 3.63) is 53.2 Å². The van der Waals surface area contributed by atoms with Crippen LogP contribution in [-0.2, 0) is 11.3 Å². The molecule has 6 heteroatoms. The summed E-state index contributed by atoms with van der Waals surface area (Å²) in [4.78, 5) is 18.8. The summed E-state index contributed by atoms with van der Waals surface area (Å²) in [7, 11) is 0. The SMILES string of the molecule is CC(C)(C)CC(=O)Nc1nc2c(cc1F)N(Cc1ccc(F)cc1)C[C@H]1CC21. The fourth-order valence-electron chi connectivity index (χ4n) is 3.89. The van der Waals surface area contributed by atoms with Gasteiger partial charge in [0.1, 0.15) is 5.82 Å². The molecule has 1 aliphatic carbocycles. The van der Waals surface area contributed by atoms with Gasteiger partial charge in [-0.15, -0.1) is 0 Å². The molecule has 2 aliphatic rings. The Morgan fingerprint density at radius 3 is 2.64 bits per heavy atom. The third-order valence-corrected chi connectivity index (χ3v) is 5.29. The van der Waals surface area contributed by atoms with Crippen LogP contribution in [0.1, 0.15) is 50.8 Å². The molecule has 2 heterocycles. The molecule has 148 valence electrons. The number of hydrogen-bond acceptors (Lipinski definition) is 3. The van der Waals surface area contributed by atoms with Crippen LogP contribution >= 0.6 is 0 Å². The lowest BCUT2D eigenvalue weighted by atomic mass is 9.92. The summed E-state index contributed by atoms with van der Waals surface area (Å²) in [6, 6.07) is 7.85. The van der Waals surface area contributed by atoms with Crippen molar-refractivity contribution in [1.82, 2.24) is 4.98 Å². The van der Waals surface area contributed by atoms with Gasteiger partial charge in [0.05, 0.1) is 11.4 Å². The minimum Gasteiger partial charge on any atom is -0.365 e. The molecule has 1 aromatic carbocycles. The molecule has 1 saturated carbocycles. The van der Waals surface area contributed by atoms with E-state index < -0.39 is 5.82 Å². The van der Waals surface area contributed by atoms with Crippen LogP contribution in [0.25, 0.3) is 0 Å². The normalized spacial score (nSPS) is 20.4. The Bertz CT molecular complexity index is 905. The van der Waals surface area contributed by atoms with E-state index in [9.17, 15) is 13.6 Å². The van der Waals surface area contributed by atoms with Crippen molar-refractivity contribution < 1.29 is 13.6 Å². The predicted molar refractivity (Wildman–Crippen MR) is 105 cm³/mol. The van der Waals surface area contributed by atoms with E-state index in [4.69, 9.17) is 0 Å². The number of amides is 1. The first kappa shape index (κ1) is 18.8. The number of benzene rings is 1. The van der Waals surface area contributed by atoms with Crippen molar-refractivity contribution in [2.75, 3.05) is 16.8 Å². The van der Waals surface area contributed by atoms with E-state index in [0.29, 0.717) is 24.8 Å². The van der Waals surface area contributed by atoms with Crippen LogP contribution in [0.15, 0.2) is 30.3 Å². The van der Waals surface area contributed by atoms with Gasteiger partial charge in [0.15, 0.2) is 11.6 Å². The molecular formula is C22H25F2N3O. The maximum atomic E-state index is 14.7. The molecular weight excluding hydrogens is 360 g/mol. The van der Waals surface area contributed by atoms with Crippen LogP contribution in [-0.4, -0.2) is 17.4 Å². The van der Waals surface area contributed by atoms with Gasteiger partial charge in [-0.25, -0.2) is 13.8 Å². The number of carbonyl (C=O) groups excluding carboxylic acids is 1. The fourth-order valence-corrected chi connectivity index (χ4v) is 3.89. The first-order valence-electron chi connectivity index (χ1n) is 9.69. The van der Waals surface area contributed by atoms with E-state index in [1.54, 1.807) is 12.1 Å². The van der Waals surface area contributed by atoms with Gasteiger partial charge < -0.3 is 10.2 Å². The molecule has 1 aliphatic heterocycles. The van der Waals surface area contributed by atoms with Crippen LogP contribution in [0.5, 0.6) is 0 Å². The first-order chi connectivity index (χ1) is 13.2. The molecule has 0 bridgehead atoms. The van der Waals surface area contributed by atoms with Gasteiger partial charge in [-0.05, 0) is 35.4 Å². The fraction of sp³-hybridized carbons (Fsp3) is 0.455. The molecule has 1 unspecified atom stereocenters. The highest BCUT2D eigenvalue weighted by molar-refractivity contribution is 5.90. The monoisotopic (exact) mass is 385 g/mol. The first-order valence-corrected chi connectivity index (χ1v) is 9.69. The Kier molecular flexibility index (Phi) is 4.60. The Morgan fingerprint density at radius 2 is 1.96 bits per heavy atom. The highest BCUT2D eigenvalue weighted by Crippen LogP contribution is 2.54. The number of aromatic nitrogens is 1. The van der Waals surface area contributed by atoms with E-state index in [1.165, 1.54) is 18.2 Å². The third-order valence-electron chi connectivity index (χ3n) is 5.29. The Labute approximate surface area is 164 Å². The van der Waals surface area contributed by atoms with Gasteiger partial charge >= 0.3 is 0 Å². The minimum absolute atomic E-state index is 0.0160. The average Bonchev–Trinajstić information content (AvgIpc) is 3.36. The van der Waals surface area contributed by atoms with Crippen molar-refractivity contribution in [3.63, 3.8) is 0 Å². The van der Waals surface area contributed by atoms with Crippen LogP contribution in [0.4, 0.5) is 20.3 Å². The Hall–Kier alpha value is -2.50. The molecule has 1 aromatic heterocycles. The number of rotatable bonds is 4. The number of fused-ring (bicyclic) bond motifs is 3. The van der Waals surface area contributed by atoms with Crippen molar-refractivity contribution in [2.45, 2.75) is 46.1 Å². The summed E-state index contributed by atoms with van der Waals surface area (Å²) in [6.45, 7) is 7.31. The maximum absolute atomic E-state index is 14.7. The molecule has 1 amide bonds. The molecule has 2 aromatic rings. The van der Waals surface area contributed by atoms with Crippen LogP contribution in [0.2, 0.25) is 0 Å². The summed E-state index contributed by atoms with van der Waals surface area (Å²) in [5.41, 5.74) is 2.41. The molecule has 0 spiro atoms. The van der Waals surface area contributed by atoms with Gasteiger partial charge in [-0.1, -0.05) is 32.9 Å². The van der Waals surface area contributed by atoms with Crippen LogP contribution < -0.4 is 10.2 Å². The zero-order valence-corrected chi connectivity index (χ0v) is 16.4. The van der Waals surface area contributed by atoms with Crippen molar-refractivity contribution in [3.8, 4) is 0 Å². The molecule has 28 heavy (non-hydrogen) atoms. The number of nitrogens with one attached hydrogen (secondary N) is 1. The Balaban J connectivity index is 1.58. The lowest BCUT2D eigenvalue weighted by Gasteiger charge is -2.31. The number of carbonyl (C=O) groups is 1. The van der Waals surface area contributed by atoms with Gasteiger partial charge in [0.2, 0.25) is 5.91 Å². The highest BCUT2D eigenvalue weighted by atomic mass is 19.1. The van der Waals surface area contributed by atoms with Crippen molar-refractivity contribution in [1.29, 1.82) is 0 Å². The third kappa shape index (κ3) is 4.01. The molecule has 1 N–H and O–H groups in total. The molecule has 4 rings (SSSR count). The average molecular weight is 385 g/mol. The number of nitrogens with zero attached hydrogens (tertiary/aromatic N) is 2. The molecule has 1 fully saturated rings. The number of anilines is 2. The molecule has 0 saturated heterocycles. The summed E-state index contributed by atoms with van der Waals surface area (Å²) < 4.78 is 27.9. The second-order valence-corrected chi connectivity index (χ2v) is 9.12. The lowest BCUT2D eigenvalue weighted by Crippen LogP contribution is -2.30. The summed E-state index contributed by atoms with van der Waals surface area (Å²) in [5, 5.41) is 2.64. The zero-order chi connectivity index (χ0) is 20.1. The second-order valence-electron chi connectivity index (χ2n) is 9.12. The summed E-state index contributed by atoms with van der Waals surface area (Å²) in [6.07, 6.45) is 1.33. The summed E-state index contributed by atoms with van der Waals surface area (Å²) >= 11 is 0. The van der Waals surface area contributed by atoms with Crippen molar-refractivity contribution in [2.24, 2.45) is 11.3 Å². The topological polar surface area (TPSA) is 45.2 Å².